The van der Waals surface area contributed by atoms with Gasteiger partial charge in [-0.3, -0.25) is 0 Å². The van der Waals surface area contributed by atoms with E-state index in [1.807, 2.05) is 0 Å². The average molecular weight is 257 g/mol. The largest absolute Gasteiger partial charge is 0.417 e. The van der Waals surface area contributed by atoms with Crippen LogP contribution in [0.4, 0.5) is 0 Å². The molecule has 0 amide bonds. The van der Waals surface area contributed by atoms with E-state index in [0.717, 1.165) is 18.4 Å². The van der Waals surface area contributed by atoms with Gasteiger partial charge in [0.15, 0.2) is 8.32 Å². The van der Waals surface area contributed by atoms with E-state index in [0.29, 0.717) is 5.04 Å². The summed E-state index contributed by atoms with van der Waals surface area (Å²) in [6.07, 6.45) is 7.03. The maximum atomic E-state index is 6.34. The van der Waals surface area contributed by atoms with Crippen LogP contribution >= 0.6 is 0 Å². The molecule has 0 bridgehead atoms. The van der Waals surface area contributed by atoms with Gasteiger partial charge < -0.3 is 4.43 Å². The molecule has 0 radical (unpaired) electrons. The fourth-order valence-corrected chi connectivity index (χ4v) is 3.43. The fourth-order valence-electron chi connectivity index (χ4n) is 2.35. The zero-order valence-corrected chi connectivity index (χ0v) is 13.8. The SMILES string of the molecule is CCC1CCC(CO[Si](C)(C)C(C)(C)C)CC1. The van der Waals surface area contributed by atoms with Crippen LogP contribution in [-0.4, -0.2) is 14.9 Å². The minimum atomic E-state index is -1.51. The van der Waals surface area contributed by atoms with Crippen molar-refractivity contribution < 1.29 is 4.43 Å². The standard InChI is InChI=1S/C15H32OSi/c1-7-13-8-10-14(11-9-13)12-16-17(5,6)15(2,3)4/h13-14H,7-12H2,1-6H3. The van der Waals surface area contributed by atoms with Crippen molar-refractivity contribution in [3.05, 3.63) is 0 Å². The van der Waals surface area contributed by atoms with E-state index in [1.54, 1.807) is 0 Å². The van der Waals surface area contributed by atoms with Crippen molar-refractivity contribution in [3.8, 4) is 0 Å². The molecule has 0 aromatic heterocycles. The molecule has 1 saturated carbocycles. The van der Waals surface area contributed by atoms with E-state index >= 15 is 0 Å². The highest BCUT2D eigenvalue weighted by Gasteiger charge is 2.37. The smallest absolute Gasteiger partial charge is 0.191 e. The third kappa shape index (κ3) is 4.40. The highest BCUT2D eigenvalue weighted by atomic mass is 28.4. The molecule has 0 aromatic rings. The van der Waals surface area contributed by atoms with Gasteiger partial charge in [-0.15, -0.1) is 0 Å². The lowest BCUT2D eigenvalue weighted by Crippen LogP contribution is -2.42. The van der Waals surface area contributed by atoms with Gasteiger partial charge in [0.05, 0.1) is 0 Å². The Labute approximate surface area is 109 Å². The van der Waals surface area contributed by atoms with Crippen LogP contribution in [0.3, 0.4) is 0 Å². The van der Waals surface area contributed by atoms with Gasteiger partial charge in [0, 0.05) is 6.61 Å². The Balaban J connectivity index is 2.33. The zero-order valence-electron chi connectivity index (χ0n) is 12.8. The highest BCUT2D eigenvalue weighted by molar-refractivity contribution is 6.74. The number of hydrogen-bond donors (Lipinski definition) is 0. The predicted molar refractivity (Wildman–Crippen MR) is 78.9 cm³/mol. The number of rotatable bonds is 4. The summed E-state index contributed by atoms with van der Waals surface area (Å²) in [6, 6.07) is 0. The minimum Gasteiger partial charge on any atom is -0.417 e. The summed E-state index contributed by atoms with van der Waals surface area (Å²) in [7, 11) is -1.51. The molecule has 0 heterocycles. The molecule has 1 aliphatic rings. The van der Waals surface area contributed by atoms with Gasteiger partial charge in [-0.25, -0.2) is 0 Å². The van der Waals surface area contributed by atoms with Crippen LogP contribution in [0.15, 0.2) is 0 Å². The van der Waals surface area contributed by atoms with Crippen molar-refractivity contribution in [2.24, 2.45) is 11.8 Å². The van der Waals surface area contributed by atoms with Gasteiger partial charge in [0.25, 0.3) is 0 Å². The Morgan fingerprint density at radius 1 is 1.00 bits per heavy atom. The van der Waals surface area contributed by atoms with Crippen LogP contribution in [0.5, 0.6) is 0 Å². The van der Waals surface area contributed by atoms with Crippen LogP contribution in [0.2, 0.25) is 18.1 Å². The Kier molecular flexibility index (Phi) is 5.27. The van der Waals surface area contributed by atoms with E-state index in [2.05, 4.69) is 40.8 Å². The third-order valence-corrected chi connectivity index (χ3v) is 9.53. The normalized spacial score (nSPS) is 27.2. The molecule has 17 heavy (non-hydrogen) atoms. The summed E-state index contributed by atoms with van der Waals surface area (Å²) in [6.45, 7) is 15.1. The summed E-state index contributed by atoms with van der Waals surface area (Å²) < 4.78 is 6.34. The third-order valence-electron chi connectivity index (χ3n) is 5.03. The molecule has 0 aromatic carbocycles. The molecule has 0 spiro atoms. The molecule has 0 saturated heterocycles. The first-order valence-electron chi connectivity index (χ1n) is 7.40. The Bertz CT molecular complexity index is 222. The molecule has 2 heteroatoms. The second kappa shape index (κ2) is 5.88. The lowest BCUT2D eigenvalue weighted by molar-refractivity contribution is 0.169. The van der Waals surface area contributed by atoms with Gasteiger partial charge in [-0.1, -0.05) is 47.0 Å². The molecular formula is C15H32OSi. The monoisotopic (exact) mass is 256 g/mol. The van der Waals surface area contributed by atoms with Crippen molar-refractivity contribution >= 4 is 8.32 Å². The minimum absolute atomic E-state index is 0.355. The Morgan fingerprint density at radius 3 is 1.88 bits per heavy atom. The molecule has 1 nitrogen and oxygen atoms in total. The van der Waals surface area contributed by atoms with E-state index in [4.69, 9.17) is 4.43 Å². The van der Waals surface area contributed by atoms with Crippen molar-refractivity contribution in [1.82, 2.24) is 0 Å². The maximum absolute atomic E-state index is 6.34. The Hall–Kier alpha value is 0.177. The maximum Gasteiger partial charge on any atom is 0.191 e. The molecule has 1 aliphatic carbocycles. The van der Waals surface area contributed by atoms with Crippen LogP contribution < -0.4 is 0 Å². The number of hydrogen-bond acceptors (Lipinski definition) is 1. The molecule has 0 unspecified atom stereocenters. The van der Waals surface area contributed by atoms with Crippen molar-refractivity contribution in [2.75, 3.05) is 6.61 Å². The molecule has 1 rings (SSSR count). The quantitative estimate of drug-likeness (QED) is 0.626. The first-order chi connectivity index (χ1) is 7.76. The van der Waals surface area contributed by atoms with Gasteiger partial charge >= 0.3 is 0 Å². The summed E-state index contributed by atoms with van der Waals surface area (Å²) in [5.74, 6) is 1.84. The van der Waals surface area contributed by atoms with Gasteiger partial charge in [-0.2, -0.15) is 0 Å². The van der Waals surface area contributed by atoms with E-state index < -0.39 is 8.32 Å². The van der Waals surface area contributed by atoms with Crippen molar-refractivity contribution in [3.63, 3.8) is 0 Å². The summed E-state index contributed by atoms with van der Waals surface area (Å²) in [4.78, 5) is 0. The molecule has 0 atom stereocenters. The second-order valence-corrected chi connectivity index (χ2v) is 12.2. The van der Waals surface area contributed by atoms with Crippen LogP contribution in [0.25, 0.3) is 0 Å². The lowest BCUT2D eigenvalue weighted by atomic mass is 9.81. The molecule has 0 N–H and O–H groups in total. The summed E-state index contributed by atoms with van der Waals surface area (Å²) in [5, 5.41) is 0.355. The van der Waals surface area contributed by atoms with Gasteiger partial charge in [-0.05, 0) is 42.8 Å². The topological polar surface area (TPSA) is 9.23 Å². The van der Waals surface area contributed by atoms with Gasteiger partial charge in [0.1, 0.15) is 0 Å². The second-order valence-electron chi connectivity index (χ2n) is 7.37. The van der Waals surface area contributed by atoms with Gasteiger partial charge in [0.2, 0.25) is 0 Å². The molecule has 102 valence electrons. The molecule has 0 aliphatic heterocycles. The first-order valence-corrected chi connectivity index (χ1v) is 10.3. The summed E-state index contributed by atoms with van der Waals surface area (Å²) in [5.41, 5.74) is 0. The molecule has 1 fully saturated rings. The lowest BCUT2D eigenvalue weighted by Gasteiger charge is -2.38. The van der Waals surface area contributed by atoms with Crippen LogP contribution in [0, 0.1) is 11.8 Å². The zero-order chi connectivity index (χ0) is 13.1. The van der Waals surface area contributed by atoms with E-state index in [1.165, 1.54) is 32.1 Å². The van der Waals surface area contributed by atoms with E-state index in [9.17, 15) is 0 Å². The fraction of sp³-hybridized carbons (Fsp3) is 1.00. The summed E-state index contributed by atoms with van der Waals surface area (Å²) >= 11 is 0. The first kappa shape index (κ1) is 15.2. The van der Waals surface area contributed by atoms with Crippen molar-refractivity contribution in [1.29, 1.82) is 0 Å². The van der Waals surface area contributed by atoms with Crippen molar-refractivity contribution in [2.45, 2.75) is 77.9 Å². The Morgan fingerprint density at radius 2 is 1.47 bits per heavy atom. The van der Waals surface area contributed by atoms with Crippen LogP contribution in [-0.2, 0) is 4.43 Å². The van der Waals surface area contributed by atoms with Crippen LogP contribution in [0.1, 0.15) is 59.8 Å². The highest BCUT2D eigenvalue weighted by Crippen LogP contribution is 2.38. The predicted octanol–water partition coefficient (Wildman–Crippen LogP) is 5.22. The average Bonchev–Trinajstić information content (AvgIpc) is 2.25. The van der Waals surface area contributed by atoms with E-state index in [-0.39, 0.29) is 0 Å². The molecular weight excluding hydrogens is 224 g/mol.